The van der Waals surface area contributed by atoms with Crippen molar-refractivity contribution in [2.45, 2.75) is 18.2 Å². The molecule has 1 aromatic carbocycles. The van der Waals surface area contributed by atoms with Crippen molar-refractivity contribution in [3.8, 4) is 5.75 Å². The summed E-state index contributed by atoms with van der Waals surface area (Å²) in [7, 11) is -3.57. The number of hydrogen-bond acceptors (Lipinski definition) is 3. The molecule has 1 aliphatic carbocycles. The molecule has 0 radical (unpaired) electrons. The quantitative estimate of drug-likeness (QED) is 0.835. The van der Waals surface area contributed by atoms with Crippen LogP contribution in [0.4, 0.5) is 0 Å². The van der Waals surface area contributed by atoms with Crippen LogP contribution in [0.25, 0.3) is 0 Å². The lowest BCUT2D eigenvalue weighted by molar-refractivity contribution is 0.457. The molecule has 2 N–H and O–H groups in total. The number of phenolic OH excluding ortho intramolecular Hbond substituents is 1. The molecule has 16 heavy (non-hydrogen) atoms. The van der Waals surface area contributed by atoms with E-state index < -0.39 is 10.0 Å². The zero-order chi connectivity index (χ0) is 11.8. The van der Waals surface area contributed by atoms with E-state index in [1.807, 2.05) is 0 Å². The van der Waals surface area contributed by atoms with Gasteiger partial charge in [0.2, 0.25) is 10.0 Å². The molecule has 0 aliphatic heterocycles. The second-order valence-corrected chi connectivity index (χ2v) is 6.03. The monoisotopic (exact) mass is 241 g/mol. The van der Waals surface area contributed by atoms with Crippen molar-refractivity contribution in [3.63, 3.8) is 0 Å². The number of aromatic hydroxyl groups is 1. The van der Waals surface area contributed by atoms with E-state index in [4.69, 9.17) is 0 Å². The number of hydrogen-bond donors (Lipinski definition) is 2. The highest BCUT2D eigenvalue weighted by atomic mass is 32.2. The maximum Gasteiger partial charge on any atom is 0.244 e. The lowest BCUT2D eigenvalue weighted by Gasteiger charge is -2.07. The Morgan fingerprint density at radius 3 is 2.62 bits per heavy atom. The van der Waals surface area contributed by atoms with Crippen LogP contribution >= 0.6 is 0 Å². The summed E-state index contributed by atoms with van der Waals surface area (Å²) in [4.78, 5) is -0.0525. The molecule has 0 amide bonds. The fourth-order valence-electron chi connectivity index (χ4n) is 1.66. The second-order valence-electron chi connectivity index (χ2n) is 4.29. The van der Waals surface area contributed by atoms with Crippen LogP contribution in [0.1, 0.15) is 13.3 Å². The Hall–Kier alpha value is -1.07. The van der Waals surface area contributed by atoms with Crippen molar-refractivity contribution >= 4 is 10.0 Å². The zero-order valence-electron chi connectivity index (χ0n) is 9.05. The highest BCUT2D eigenvalue weighted by Crippen LogP contribution is 2.37. The third kappa shape index (κ3) is 2.36. The van der Waals surface area contributed by atoms with Crippen LogP contribution in [-0.2, 0) is 10.0 Å². The standard InChI is InChI=1S/C11H15NO3S/c1-8-6-9(8)7-12-16(14,15)11-5-3-2-4-10(11)13/h2-5,8-9,12-13H,6-7H2,1H3. The number of rotatable bonds is 4. The van der Waals surface area contributed by atoms with E-state index in [1.165, 1.54) is 12.1 Å². The predicted octanol–water partition coefficient (Wildman–Crippen LogP) is 1.33. The van der Waals surface area contributed by atoms with Gasteiger partial charge in [0.15, 0.2) is 0 Å². The molecule has 0 aromatic heterocycles. The molecule has 2 unspecified atom stereocenters. The third-order valence-corrected chi connectivity index (χ3v) is 4.44. The SMILES string of the molecule is CC1CC1CNS(=O)(=O)c1ccccc1O. The lowest BCUT2D eigenvalue weighted by atomic mass is 10.3. The van der Waals surface area contributed by atoms with E-state index in [-0.39, 0.29) is 10.6 Å². The fraction of sp³-hybridized carbons (Fsp3) is 0.455. The van der Waals surface area contributed by atoms with E-state index in [2.05, 4.69) is 11.6 Å². The number of nitrogens with one attached hydrogen (secondary N) is 1. The van der Waals surface area contributed by atoms with Gasteiger partial charge in [-0.25, -0.2) is 13.1 Å². The summed E-state index contributed by atoms with van der Waals surface area (Å²) in [6.45, 7) is 2.55. The molecule has 4 nitrogen and oxygen atoms in total. The van der Waals surface area contributed by atoms with Gasteiger partial charge in [-0.15, -0.1) is 0 Å². The van der Waals surface area contributed by atoms with Crippen molar-refractivity contribution in [1.82, 2.24) is 4.72 Å². The largest absolute Gasteiger partial charge is 0.507 e. The number of para-hydroxylation sites is 1. The Bertz CT molecular complexity index is 484. The molecule has 0 saturated heterocycles. The zero-order valence-corrected chi connectivity index (χ0v) is 9.87. The molecular formula is C11H15NO3S. The molecule has 2 rings (SSSR count). The molecule has 1 fully saturated rings. The first-order valence-corrected chi connectivity index (χ1v) is 6.76. The first-order valence-electron chi connectivity index (χ1n) is 5.28. The maximum atomic E-state index is 11.8. The van der Waals surface area contributed by atoms with Crippen molar-refractivity contribution < 1.29 is 13.5 Å². The van der Waals surface area contributed by atoms with E-state index in [0.29, 0.717) is 18.4 Å². The van der Waals surface area contributed by atoms with Crippen molar-refractivity contribution in [2.75, 3.05) is 6.54 Å². The van der Waals surface area contributed by atoms with Crippen LogP contribution in [-0.4, -0.2) is 20.1 Å². The van der Waals surface area contributed by atoms with Gasteiger partial charge in [0, 0.05) is 6.54 Å². The predicted molar refractivity (Wildman–Crippen MR) is 60.6 cm³/mol. The van der Waals surface area contributed by atoms with Gasteiger partial charge < -0.3 is 5.11 Å². The third-order valence-electron chi connectivity index (χ3n) is 2.97. The van der Waals surface area contributed by atoms with Gasteiger partial charge in [0.1, 0.15) is 10.6 Å². The summed E-state index contributed by atoms with van der Waals surface area (Å²) >= 11 is 0. The van der Waals surface area contributed by atoms with Gasteiger partial charge in [0.25, 0.3) is 0 Å². The average Bonchev–Trinajstić information content (AvgIpc) is 2.92. The smallest absolute Gasteiger partial charge is 0.244 e. The molecular weight excluding hydrogens is 226 g/mol. The minimum Gasteiger partial charge on any atom is -0.507 e. The Balaban J connectivity index is 2.10. The molecule has 1 aromatic rings. The molecule has 1 aliphatic rings. The van der Waals surface area contributed by atoms with Crippen molar-refractivity contribution in [2.24, 2.45) is 11.8 Å². The highest BCUT2D eigenvalue weighted by Gasteiger charge is 2.33. The normalized spacial score (nSPS) is 24.3. The Morgan fingerprint density at radius 1 is 1.44 bits per heavy atom. The van der Waals surface area contributed by atoms with Crippen LogP contribution in [0.3, 0.4) is 0 Å². The Kier molecular flexibility index (Phi) is 2.90. The van der Waals surface area contributed by atoms with Crippen LogP contribution < -0.4 is 4.72 Å². The average molecular weight is 241 g/mol. The van der Waals surface area contributed by atoms with Crippen LogP contribution in [0.2, 0.25) is 0 Å². The summed E-state index contributed by atoms with van der Waals surface area (Å²) in [5.74, 6) is 0.839. The minimum absolute atomic E-state index is 0.0525. The Morgan fingerprint density at radius 2 is 2.06 bits per heavy atom. The van der Waals surface area contributed by atoms with Crippen LogP contribution in [0.15, 0.2) is 29.2 Å². The molecule has 0 bridgehead atoms. The van der Waals surface area contributed by atoms with E-state index in [0.717, 1.165) is 6.42 Å². The topological polar surface area (TPSA) is 66.4 Å². The first-order chi connectivity index (χ1) is 7.50. The summed E-state index contributed by atoms with van der Waals surface area (Å²) in [5.41, 5.74) is 0. The summed E-state index contributed by atoms with van der Waals surface area (Å²) in [5, 5.41) is 9.46. The minimum atomic E-state index is -3.57. The number of phenols is 1. The molecule has 0 heterocycles. The van der Waals surface area contributed by atoms with Gasteiger partial charge in [-0.1, -0.05) is 19.1 Å². The van der Waals surface area contributed by atoms with E-state index >= 15 is 0 Å². The second kappa shape index (κ2) is 4.07. The maximum absolute atomic E-state index is 11.8. The van der Waals surface area contributed by atoms with E-state index in [1.54, 1.807) is 12.1 Å². The molecule has 1 saturated carbocycles. The van der Waals surface area contributed by atoms with Crippen LogP contribution in [0, 0.1) is 11.8 Å². The highest BCUT2D eigenvalue weighted by molar-refractivity contribution is 7.89. The summed E-state index contributed by atoms with van der Waals surface area (Å²) < 4.78 is 26.2. The van der Waals surface area contributed by atoms with Crippen molar-refractivity contribution in [3.05, 3.63) is 24.3 Å². The molecule has 5 heteroatoms. The van der Waals surface area contributed by atoms with Gasteiger partial charge in [-0.05, 0) is 30.4 Å². The summed E-state index contributed by atoms with van der Waals surface area (Å²) in [6, 6.07) is 5.95. The lowest BCUT2D eigenvalue weighted by Crippen LogP contribution is -2.26. The number of sulfonamides is 1. The van der Waals surface area contributed by atoms with Crippen LogP contribution in [0.5, 0.6) is 5.75 Å². The number of benzene rings is 1. The van der Waals surface area contributed by atoms with Gasteiger partial charge >= 0.3 is 0 Å². The Labute approximate surface area is 95.4 Å². The van der Waals surface area contributed by atoms with Gasteiger partial charge in [0.05, 0.1) is 0 Å². The van der Waals surface area contributed by atoms with Gasteiger partial charge in [-0.2, -0.15) is 0 Å². The van der Waals surface area contributed by atoms with Crippen molar-refractivity contribution in [1.29, 1.82) is 0 Å². The fourth-order valence-corrected chi connectivity index (χ4v) is 2.85. The molecule has 2 atom stereocenters. The van der Waals surface area contributed by atoms with Gasteiger partial charge in [-0.3, -0.25) is 0 Å². The molecule has 88 valence electrons. The summed E-state index contributed by atoms with van der Waals surface area (Å²) in [6.07, 6.45) is 1.07. The van der Waals surface area contributed by atoms with E-state index in [9.17, 15) is 13.5 Å². The first kappa shape index (κ1) is 11.4. The molecule has 0 spiro atoms.